The first-order valence-corrected chi connectivity index (χ1v) is 5.85. The first-order valence-electron chi connectivity index (χ1n) is 5.85. The van der Waals surface area contributed by atoms with Crippen LogP contribution in [-0.4, -0.2) is 24.7 Å². The molecule has 1 N–H and O–H groups in total. The van der Waals surface area contributed by atoms with Crippen molar-refractivity contribution >= 4 is 5.91 Å². The quantitative estimate of drug-likeness (QED) is 0.874. The van der Waals surface area contributed by atoms with Crippen molar-refractivity contribution in [3.05, 3.63) is 35.6 Å². The second-order valence-electron chi connectivity index (χ2n) is 4.32. The molecule has 1 amide bonds. The Hall–Kier alpha value is -1.42. The summed E-state index contributed by atoms with van der Waals surface area (Å²) in [6, 6.07) is 5.63. The first-order chi connectivity index (χ1) is 8.16. The predicted molar refractivity (Wildman–Crippen MR) is 62.3 cm³/mol. The van der Waals surface area contributed by atoms with E-state index in [9.17, 15) is 9.18 Å². The Labute approximate surface area is 100.0 Å². The molecule has 0 unspecified atom stereocenters. The third kappa shape index (κ3) is 3.03. The Bertz CT molecular complexity index is 402. The number of carbonyl (C=O) groups is 1. The zero-order chi connectivity index (χ0) is 12.3. The van der Waals surface area contributed by atoms with E-state index in [-0.39, 0.29) is 18.1 Å². The molecule has 0 aromatic heterocycles. The molecule has 0 aliphatic carbocycles. The second kappa shape index (κ2) is 5.27. The van der Waals surface area contributed by atoms with Crippen LogP contribution in [0.1, 0.15) is 30.1 Å². The summed E-state index contributed by atoms with van der Waals surface area (Å²) in [7, 11) is 0. The lowest BCUT2D eigenvalue weighted by Gasteiger charge is -2.19. The van der Waals surface area contributed by atoms with Gasteiger partial charge in [-0.2, -0.15) is 0 Å². The molecule has 1 aromatic carbocycles. The molecular formula is C13H16FNO2. The zero-order valence-corrected chi connectivity index (χ0v) is 9.78. The molecule has 0 saturated carbocycles. The van der Waals surface area contributed by atoms with E-state index in [1.807, 2.05) is 6.92 Å². The number of nitrogens with one attached hydrogen (secondary N) is 1. The van der Waals surface area contributed by atoms with Gasteiger partial charge >= 0.3 is 0 Å². The Kier molecular flexibility index (Phi) is 3.74. The van der Waals surface area contributed by atoms with Crippen LogP contribution in [0.25, 0.3) is 0 Å². The molecular weight excluding hydrogens is 221 g/mol. The molecule has 1 aliphatic heterocycles. The molecule has 17 heavy (non-hydrogen) atoms. The van der Waals surface area contributed by atoms with Crippen LogP contribution in [0.5, 0.6) is 0 Å². The molecule has 1 aliphatic rings. The molecule has 4 heteroatoms. The van der Waals surface area contributed by atoms with Gasteiger partial charge in [-0.15, -0.1) is 0 Å². The standard InChI is InChI=1S/C13H16FNO2/c1-9(12-6-3-7-17-12)15-13(16)10-4-2-5-11(14)8-10/h2,4-5,8-9,12H,3,6-7H2,1H3,(H,15,16)/t9-,12+/m0/s1. The SMILES string of the molecule is C[C@H](NC(=O)c1cccc(F)c1)[C@H]1CCCO1. The highest BCUT2D eigenvalue weighted by Crippen LogP contribution is 2.15. The van der Waals surface area contributed by atoms with E-state index < -0.39 is 5.82 Å². The van der Waals surface area contributed by atoms with E-state index in [0.29, 0.717) is 5.56 Å². The highest BCUT2D eigenvalue weighted by Gasteiger charge is 2.23. The normalized spacial score (nSPS) is 21.2. The summed E-state index contributed by atoms with van der Waals surface area (Å²) in [5.41, 5.74) is 0.342. The fourth-order valence-corrected chi connectivity index (χ4v) is 2.01. The molecule has 2 atom stereocenters. The van der Waals surface area contributed by atoms with Crippen LogP contribution in [-0.2, 0) is 4.74 Å². The molecule has 0 bridgehead atoms. The number of carbonyl (C=O) groups excluding carboxylic acids is 1. The monoisotopic (exact) mass is 237 g/mol. The summed E-state index contributed by atoms with van der Waals surface area (Å²) in [6.07, 6.45) is 2.07. The van der Waals surface area contributed by atoms with Crippen LogP contribution < -0.4 is 5.32 Å². The van der Waals surface area contributed by atoms with Gasteiger partial charge in [0.1, 0.15) is 5.82 Å². The maximum Gasteiger partial charge on any atom is 0.251 e. The summed E-state index contributed by atoms with van der Waals surface area (Å²) < 4.78 is 18.4. The largest absolute Gasteiger partial charge is 0.376 e. The van der Waals surface area contributed by atoms with E-state index in [1.165, 1.54) is 18.2 Å². The molecule has 2 rings (SSSR count). The minimum absolute atomic E-state index is 0.0479. The molecule has 0 radical (unpaired) electrons. The topological polar surface area (TPSA) is 38.3 Å². The number of rotatable bonds is 3. The predicted octanol–water partition coefficient (Wildman–Crippen LogP) is 2.12. The van der Waals surface area contributed by atoms with Crippen LogP contribution in [0.4, 0.5) is 4.39 Å². The van der Waals surface area contributed by atoms with Gasteiger partial charge in [0.2, 0.25) is 0 Å². The maximum atomic E-state index is 13.0. The van der Waals surface area contributed by atoms with Gasteiger partial charge in [-0.05, 0) is 38.0 Å². The Balaban J connectivity index is 1.96. The number of benzene rings is 1. The van der Waals surface area contributed by atoms with Gasteiger partial charge in [0, 0.05) is 12.2 Å². The zero-order valence-electron chi connectivity index (χ0n) is 9.78. The third-order valence-electron chi connectivity index (χ3n) is 2.97. The van der Waals surface area contributed by atoms with E-state index >= 15 is 0 Å². The molecule has 1 saturated heterocycles. The average molecular weight is 237 g/mol. The number of ether oxygens (including phenoxy) is 1. The highest BCUT2D eigenvalue weighted by atomic mass is 19.1. The number of halogens is 1. The van der Waals surface area contributed by atoms with E-state index in [0.717, 1.165) is 19.4 Å². The van der Waals surface area contributed by atoms with Crippen molar-refractivity contribution in [2.45, 2.75) is 31.9 Å². The van der Waals surface area contributed by atoms with E-state index in [4.69, 9.17) is 4.74 Å². The van der Waals surface area contributed by atoms with Crippen molar-refractivity contribution in [3.63, 3.8) is 0 Å². The molecule has 3 nitrogen and oxygen atoms in total. The Morgan fingerprint density at radius 3 is 3.06 bits per heavy atom. The number of hydrogen-bond acceptors (Lipinski definition) is 2. The van der Waals surface area contributed by atoms with E-state index in [2.05, 4.69) is 5.32 Å². The summed E-state index contributed by atoms with van der Waals surface area (Å²) in [4.78, 5) is 11.8. The highest BCUT2D eigenvalue weighted by molar-refractivity contribution is 5.94. The second-order valence-corrected chi connectivity index (χ2v) is 4.32. The molecule has 1 fully saturated rings. The number of hydrogen-bond donors (Lipinski definition) is 1. The van der Waals surface area contributed by atoms with Crippen LogP contribution in [0, 0.1) is 5.82 Å². The van der Waals surface area contributed by atoms with Gasteiger partial charge in [0.25, 0.3) is 5.91 Å². The summed E-state index contributed by atoms with van der Waals surface area (Å²) in [5.74, 6) is -0.657. The van der Waals surface area contributed by atoms with Crippen molar-refractivity contribution in [1.82, 2.24) is 5.32 Å². The summed E-state index contributed by atoms with van der Waals surface area (Å²) >= 11 is 0. The molecule has 1 aromatic rings. The van der Waals surface area contributed by atoms with Crippen LogP contribution in [0.3, 0.4) is 0 Å². The van der Waals surface area contributed by atoms with Gasteiger partial charge in [-0.1, -0.05) is 6.07 Å². The maximum absolute atomic E-state index is 13.0. The van der Waals surface area contributed by atoms with Gasteiger partial charge in [-0.25, -0.2) is 4.39 Å². The van der Waals surface area contributed by atoms with Crippen molar-refractivity contribution in [2.24, 2.45) is 0 Å². The van der Waals surface area contributed by atoms with Crippen molar-refractivity contribution in [1.29, 1.82) is 0 Å². The number of amides is 1. The van der Waals surface area contributed by atoms with Gasteiger partial charge in [-0.3, -0.25) is 4.79 Å². The lowest BCUT2D eigenvalue weighted by molar-refractivity contribution is 0.0712. The van der Waals surface area contributed by atoms with Gasteiger partial charge in [0.15, 0.2) is 0 Å². The minimum Gasteiger partial charge on any atom is -0.376 e. The molecule has 0 spiro atoms. The summed E-state index contributed by atoms with van der Waals surface area (Å²) in [5, 5.41) is 2.83. The fourth-order valence-electron chi connectivity index (χ4n) is 2.01. The van der Waals surface area contributed by atoms with E-state index in [1.54, 1.807) is 6.07 Å². The minimum atomic E-state index is -0.401. The smallest absolute Gasteiger partial charge is 0.251 e. The Morgan fingerprint density at radius 2 is 2.41 bits per heavy atom. The lowest BCUT2D eigenvalue weighted by Crippen LogP contribution is -2.40. The third-order valence-corrected chi connectivity index (χ3v) is 2.97. The van der Waals surface area contributed by atoms with Gasteiger partial charge in [0.05, 0.1) is 12.1 Å². The summed E-state index contributed by atoms with van der Waals surface area (Å²) in [6.45, 7) is 2.66. The lowest BCUT2D eigenvalue weighted by atomic mass is 10.1. The van der Waals surface area contributed by atoms with Crippen molar-refractivity contribution in [2.75, 3.05) is 6.61 Å². The first kappa shape index (κ1) is 12.0. The van der Waals surface area contributed by atoms with Crippen LogP contribution in [0.15, 0.2) is 24.3 Å². The Morgan fingerprint density at radius 1 is 1.59 bits per heavy atom. The van der Waals surface area contributed by atoms with Gasteiger partial charge < -0.3 is 10.1 Å². The fraction of sp³-hybridized carbons (Fsp3) is 0.462. The van der Waals surface area contributed by atoms with Crippen LogP contribution >= 0.6 is 0 Å². The van der Waals surface area contributed by atoms with Crippen LogP contribution in [0.2, 0.25) is 0 Å². The van der Waals surface area contributed by atoms with Crippen molar-refractivity contribution in [3.8, 4) is 0 Å². The average Bonchev–Trinajstić information content (AvgIpc) is 2.82. The van der Waals surface area contributed by atoms with Crippen molar-refractivity contribution < 1.29 is 13.9 Å². The molecule has 92 valence electrons. The molecule has 1 heterocycles.